The van der Waals surface area contributed by atoms with Gasteiger partial charge in [-0.15, -0.1) is 0 Å². The van der Waals surface area contributed by atoms with Gasteiger partial charge in [-0.1, -0.05) is 27.5 Å². The van der Waals surface area contributed by atoms with E-state index in [1.807, 2.05) is 0 Å². The van der Waals surface area contributed by atoms with Crippen LogP contribution in [0.15, 0.2) is 28.4 Å². The quantitative estimate of drug-likeness (QED) is 0.506. The summed E-state index contributed by atoms with van der Waals surface area (Å²) in [4.78, 5) is 16.3. The maximum atomic E-state index is 12.1. The first kappa shape index (κ1) is 20.3. The monoisotopic (exact) mass is 433 g/mol. The third-order valence-corrected chi connectivity index (χ3v) is 6.68. The minimum absolute atomic E-state index is 0.319. The molecule has 4 atom stereocenters. The predicted octanol–water partition coefficient (Wildman–Crippen LogP) is 3.03. The number of aromatic nitrogens is 1. The molecule has 1 aromatic heterocycles. The van der Waals surface area contributed by atoms with Crippen molar-refractivity contribution in [3.8, 4) is 5.88 Å². The summed E-state index contributed by atoms with van der Waals surface area (Å²) in [5.74, 6) is -0.379. The molecule has 1 aliphatic rings. The van der Waals surface area contributed by atoms with E-state index in [-0.39, 0.29) is 0 Å². The predicted molar refractivity (Wildman–Crippen MR) is 97.0 cm³/mol. The zero-order chi connectivity index (χ0) is 18.8. The molecule has 0 spiro atoms. The molecule has 8 heteroatoms. The van der Waals surface area contributed by atoms with Crippen LogP contribution in [0.3, 0.4) is 0 Å². The normalized spacial score (nSPS) is 32.6. The molecule has 1 heterocycles. The van der Waals surface area contributed by atoms with E-state index in [2.05, 4.69) is 20.9 Å². The molecule has 138 valence electrons. The Balaban J connectivity index is 2.91. The highest BCUT2D eigenvalue weighted by Gasteiger charge is 2.63. The molecule has 0 fully saturated rings. The first-order valence-electron chi connectivity index (χ1n) is 7.52. The smallest absolute Gasteiger partial charge is 0.219 e. The van der Waals surface area contributed by atoms with Crippen LogP contribution in [0.1, 0.15) is 12.5 Å². The SMILES string of the molecule is COc1ncccc1C1(OC)C(C=O)C(C)=C(Br)C(Cl)(OC)C1OC. The molecular formula is C17H21BrClNO5. The van der Waals surface area contributed by atoms with Crippen LogP contribution in [0.4, 0.5) is 0 Å². The molecule has 0 N–H and O–H groups in total. The fraction of sp³-hybridized carbons (Fsp3) is 0.529. The Morgan fingerprint density at radius 3 is 2.44 bits per heavy atom. The Morgan fingerprint density at radius 2 is 1.96 bits per heavy atom. The van der Waals surface area contributed by atoms with Gasteiger partial charge in [0.25, 0.3) is 0 Å². The van der Waals surface area contributed by atoms with E-state index in [1.165, 1.54) is 28.4 Å². The van der Waals surface area contributed by atoms with Crippen molar-refractivity contribution >= 4 is 33.8 Å². The number of hydrogen-bond acceptors (Lipinski definition) is 6. The van der Waals surface area contributed by atoms with Gasteiger partial charge in [0.1, 0.15) is 18.0 Å². The number of ether oxygens (including phenoxy) is 4. The Bertz CT molecular complexity index is 685. The number of rotatable bonds is 6. The summed E-state index contributed by atoms with van der Waals surface area (Å²) in [6, 6.07) is 3.51. The van der Waals surface area contributed by atoms with E-state index >= 15 is 0 Å². The van der Waals surface area contributed by atoms with Gasteiger partial charge >= 0.3 is 0 Å². The minimum atomic E-state index is -1.39. The average molecular weight is 435 g/mol. The standard InChI is InChI=1S/C17H21BrClNO5/c1-10-12(9-21)16(24-4,11-7-6-8-20-14(11)22-2)15(23-3)17(19,25-5)13(10)18/h6-9,12,15H,1-5H3. The second kappa shape index (κ2) is 7.72. The Kier molecular flexibility index (Phi) is 6.27. The second-order valence-electron chi connectivity index (χ2n) is 5.63. The summed E-state index contributed by atoms with van der Waals surface area (Å²) >= 11 is 10.3. The molecule has 0 aliphatic heterocycles. The number of halogens is 2. The summed E-state index contributed by atoms with van der Waals surface area (Å²) < 4.78 is 23.2. The molecule has 0 amide bonds. The topological polar surface area (TPSA) is 66.9 Å². The van der Waals surface area contributed by atoms with E-state index in [9.17, 15) is 4.79 Å². The summed E-state index contributed by atoms with van der Waals surface area (Å²) in [5.41, 5.74) is -0.0758. The van der Waals surface area contributed by atoms with Crippen molar-refractivity contribution in [1.29, 1.82) is 0 Å². The maximum absolute atomic E-state index is 12.1. The fourth-order valence-electron chi connectivity index (χ4n) is 3.51. The molecule has 25 heavy (non-hydrogen) atoms. The highest BCUT2D eigenvalue weighted by atomic mass is 79.9. The van der Waals surface area contributed by atoms with Gasteiger partial charge in [0.05, 0.1) is 13.0 Å². The molecule has 2 rings (SSSR count). The second-order valence-corrected chi connectivity index (χ2v) is 6.99. The van der Waals surface area contributed by atoms with Gasteiger partial charge in [0.2, 0.25) is 10.9 Å². The van der Waals surface area contributed by atoms with Gasteiger partial charge in [-0.05, 0) is 24.6 Å². The van der Waals surface area contributed by atoms with Crippen LogP contribution < -0.4 is 4.74 Å². The zero-order valence-electron chi connectivity index (χ0n) is 14.7. The van der Waals surface area contributed by atoms with Crippen LogP contribution in [0.2, 0.25) is 0 Å². The lowest BCUT2D eigenvalue weighted by Crippen LogP contribution is -2.62. The van der Waals surface area contributed by atoms with Crippen LogP contribution in [0, 0.1) is 5.92 Å². The van der Waals surface area contributed by atoms with Crippen LogP contribution in [-0.2, 0) is 24.6 Å². The van der Waals surface area contributed by atoms with Gasteiger partial charge in [-0.3, -0.25) is 0 Å². The molecule has 6 nitrogen and oxygen atoms in total. The number of carbonyl (C=O) groups excluding carboxylic acids is 1. The number of carbonyl (C=O) groups is 1. The summed E-state index contributed by atoms with van der Waals surface area (Å²) in [7, 11) is 5.95. The highest BCUT2D eigenvalue weighted by Crippen LogP contribution is 2.56. The summed E-state index contributed by atoms with van der Waals surface area (Å²) in [5, 5.41) is -1.39. The molecule has 0 radical (unpaired) electrons. The van der Waals surface area contributed by atoms with Crippen molar-refractivity contribution in [1.82, 2.24) is 4.98 Å². The molecule has 0 aromatic carbocycles. The van der Waals surface area contributed by atoms with E-state index in [0.717, 1.165) is 6.29 Å². The minimum Gasteiger partial charge on any atom is -0.481 e. The van der Waals surface area contributed by atoms with Gasteiger partial charge in [0, 0.05) is 37.6 Å². The van der Waals surface area contributed by atoms with E-state index in [1.54, 1.807) is 25.3 Å². The molecular weight excluding hydrogens is 414 g/mol. The Hall–Kier alpha value is -0.990. The van der Waals surface area contributed by atoms with E-state index in [4.69, 9.17) is 30.5 Å². The van der Waals surface area contributed by atoms with Crippen LogP contribution >= 0.6 is 27.5 Å². The largest absolute Gasteiger partial charge is 0.481 e. The van der Waals surface area contributed by atoms with Gasteiger partial charge in [0.15, 0.2) is 0 Å². The molecule has 0 saturated carbocycles. The molecule has 0 bridgehead atoms. The third-order valence-electron chi connectivity index (χ3n) is 4.69. The van der Waals surface area contributed by atoms with Crippen molar-refractivity contribution < 1.29 is 23.7 Å². The lowest BCUT2D eigenvalue weighted by Gasteiger charge is -2.52. The number of pyridine rings is 1. The molecule has 0 saturated heterocycles. The highest BCUT2D eigenvalue weighted by molar-refractivity contribution is 9.11. The zero-order valence-corrected chi connectivity index (χ0v) is 17.1. The molecule has 1 aliphatic carbocycles. The fourth-order valence-corrected chi connectivity index (χ4v) is 4.53. The van der Waals surface area contributed by atoms with E-state index in [0.29, 0.717) is 21.5 Å². The number of nitrogens with zero attached hydrogens (tertiary/aromatic N) is 1. The van der Waals surface area contributed by atoms with Crippen LogP contribution in [0.5, 0.6) is 5.88 Å². The lowest BCUT2D eigenvalue weighted by atomic mass is 9.68. The lowest BCUT2D eigenvalue weighted by molar-refractivity contribution is -0.198. The first-order valence-corrected chi connectivity index (χ1v) is 8.69. The van der Waals surface area contributed by atoms with Crippen molar-refractivity contribution in [2.75, 3.05) is 28.4 Å². The number of hydrogen-bond donors (Lipinski definition) is 0. The number of alkyl halides is 1. The van der Waals surface area contributed by atoms with Crippen molar-refractivity contribution in [2.24, 2.45) is 5.92 Å². The van der Waals surface area contributed by atoms with Crippen LogP contribution in [0.25, 0.3) is 0 Å². The van der Waals surface area contributed by atoms with Crippen molar-refractivity contribution in [3.63, 3.8) is 0 Å². The third kappa shape index (κ3) is 2.82. The van der Waals surface area contributed by atoms with Crippen molar-refractivity contribution in [3.05, 3.63) is 33.9 Å². The summed E-state index contributed by atoms with van der Waals surface area (Å²) in [6.45, 7) is 1.79. The van der Waals surface area contributed by atoms with E-state index < -0.39 is 22.7 Å². The van der Waals surface area contributed by atoms with Crippen LogP contribution in [-0.4, -0.2) is 50.9 Å². The molecule has 1 aromatic rings. The maximum Gasteiger partial charge on any atom is 0.219 e. The Labute approximate surface area is 160 Å². The first-order chi connectivity index (χ1) is 11.9. The Morgan fingerprint density at radius 1 is 1.28 bits per heavy atom. The number of aldehydes is 1. The van der Waals surface area contributed by atoms with Gasteiger partial charge in [-0.2, -0.15) is 0 Å². The van der Waals surface area contributed by atoms with Gasteiger partial charge in [-0.25, -0.2) is 4.98 Å². The van der Waals surface area contributed by atoms with Crippen molar-refractivity contribution in [2.45, 2.75) is 23.7 Å². The number of methoxy groups -OCH3 is 4. The summed E-state index contributed by atoms with van der Waals surface area (Å²) in [6.07, 6.45) is 1.53. The molecule has 4 unspecified atom stereocenters. The van der Waals surface area contributed by atoms with Gasteiger partial charge < -0.3 is 23.7 Å². The average Bonchev–Trinajstić information content (AvgIpc) is 2.65.